The molecule has 3 unspecified atom stereocenters. The summed E-state index contributed by atoms with van der Waals surface area (Å²) in [7, 11) is 0. The molecule has 3 heterocycles. The van der Waals surface area contributed by atoms with Crippen LogP contribution in [0.4, 0.5) is 11.4 Å². The lowest BCUT2D eigenvalue weighted by Crippen LogP contribution is -2.55. The predicted molar refractivity (Wildman–Crippen MR) is 166 cm³/mol. The van der Waals surface area contributed by atoms with E-state index in [1.807, 2.05) is 91.0 Å². The van der Waals surface area contributed by atoms with E-state index in [4.69, 9.17) is 4.74 Å². The van der Waals surface area contributed by atoms with Crippen molar-refractivity contribution >= 4 is 55.8 Å². The smallest absolute Gasteiger partial charge is 0.250 e. The number of ether oxygens (including phenoxy) is 1. The summed E-state index contributed by atoms with van der Waals surface area (Å²) in [4.78, 5) is 43.9. The van der Waals surface area contributed by atoms with Crippen molar-refractivity contribution in [1.82, 2.24) is 4.90 Å². The second kappa shape index (κ2) is 10.9. The van der Waals surface area contributed by atoms with Gasteiger partial charge in [-0.1, -0.05) is 94.8 Å². The van der Waals surface area contributed by atoms with Crippen LogP contribution >= 0.6 is 15.9 Å². The molecule has 3 saturated heterocycles. The number of rotatable bonds is 7. The third kappa shape index (κ3) is 4.54. The van der Waals surface area contributed by atoms with Crippen molar-refractivity contribution in [3.05, 3.63) is 109 Å². The fourth-order valence-electron chi connectivity index (χ4n) is 7.26. The lowest BCUT2D eigenvalue weighted by atomic mass is 9.70. The molecule has 4 aromatic rings. The molecule has 1 spiro atoms. The van der Waals surface area contributed by atoms with Gasteiger partial charge in [0.15, 0.2) is 0 Å². The molecule has 3 aliphatic heterocycles. The first-order chi connectivity index (χ1) is 20.9. The van der Waals surface area contributed by atoms with E-state index >= 15 is 0 Å². The van der Waals surface area contributed by atoms with Crippen LogP contribution in [0.25, 0.3) is 10.8 Å². The highest BCUT2D eigenvalue weighted by atomic mass is 79.9. The highest BCUT2D eigenvalue weighted by molar-refractivity contribution is 9.09. The van der Waals surface area contributed by atoms with E-state index < -0.39 is 48.1 Å². The molecule has 0 aromatic heterocycles. The summed E-state index contributed by atoms with van der Waals surface area (Å²) in [5.41, 5.74) is 0.615. The number of likely N-dealkylation sites (tertiary alicyclic amines) is 1. The van der Waals surface area contributed by atoms with Gasteiger partial charge >= 0.3 is 0 Å². The number of aliphatic hydroxyl groups excluding tert-OH is 1. The highest BCUT2D eigenvalue weighted by Gasteiger charge is 2.77. The molecule has 43 heavy (non-hydrogen) atoms. The molecule has 8 nitrogen and oxygen atoms in total. The standard InChI is InChI=1S/C34H30BrN3O5/c35-25-18-34-28(27(29(25)43-34)31(40)36-23-13-5-2-6-14-23)33(42)38(26(19-39)21-10-3-1-4-11-21)30(34)32(41)37-24-16-15-20-9-7-8-12-22(20)17-24/h1-17,25-30,39H,18-19H2,(H,36,40)(H,37,41)/t25?,26-,27-,28+,29-,30?,34?/m1/s1. The Morgan fingerprint density at radius 1 is 0.884 bits per heavy atom. The number of benzene rings is 4. The number of nitrogens with zero attached hydrogens (tertiary/aromatic N) is 1. The number of hydrogen-bond donors (Lipinski definition) is 3. The third-order valence-electron chi connectivity index (χ3n) is 9.03. The second-order valence-corrected chi connectivity index (χ2v) is 12.6. The van der Waals surface area contributed by atoms with Crippen molar-refractivity contribution in [2.24, 2.45) is 11.8 Å². The van der Waals surface area contributed by atoms with Crippen molar-refractivity contribution in [3.8, 4) is 0 Å². The summed E-state index contributed by atoms with van der Waals surface area (Å²) in [6, 6.07) is 29.8. The van der Waals surface area contributed by atoms with Gasteiger partial charge in [0.05, 0.1) is 30.6 Å². The van der Waals surface area contributed by atoms with Gasteiger partial charge in [-0.2, -0.15) is 0 Å². The van der Waals surface area contributed by atoms with E-state index in [0.717, 1.165) is 10.8 Å². The van der Waals surface area contributed by atoms with E-state index in [0.29, 0.717) is 23.4 Å². The summed E-state index contributed by atoms with van der Waals surface area (Å²) in [5.74, 6) is -2.87. The van der Waals surface area contributed by atoms with Crippen molar-refractivity contribution in [2.75, 3.05) is 17.2 Å². The van der Waals surface area contributed by atoms with Crippen LogP contribution in [0.1, 0.15) is 18.0 Å². The minimum atomic E-state index is -1.27. The molecule has 4 aromatic carbocycles. The number of halogens is 1. The number of hydrogen-bond acceptors (Lipinski definition) is 5. The molecule has 218 valence electrons. The first-order valence-corrected chi connectivity index (χ1v) is 15.3. The van der Waals surface area contributed by atoms with Crippen LogP contribution in [0.2, 0.25) is 0 Å². The zero-order valence-corrected chi connectivity index (χ0v) is 24.7. The van der Waals surface area contributed by atoms with Gasteiger partial charge in [-0.05, 0) is 47.0 Å². The minimum absolute atomic E-state index is 0.247. The maximum absolute atomic E-state index is 14.5. The number of alkyl halides is 1. The van der Waals surface area contributed by atoms with E-state index in [1.165, 1.54) is 4.90 Å². The SMILES string of the molecule is O=C(Nc1ccc2ccccc2c1)C1N([C@H](CO)c2ccccc2)C(=O)[C@@H]2[C@@H](C(=O)Nc3ccccc3)[C@@H]3OC12CC3Br. The molecular formula is C34H30BrN3O5. The summed E-state index contributed by atoms with van der Waals surface area (Å²) in [6.07, 6.45) is -0.234. The first kappa shape index (κ1) is 27.8. The van der Waals surface area contributed by atoms with Crippen LogP contribution in [-0.4, -0.2) is 56.9 Å². The molecule has 3 N–H and O–H groups in total. The molecule has 3 aliphatic rings. The van der Waals surface area contributed by atoms with Gasteiger partial charge in [0.25, 0.3) is 0 Å². The Balaban J connectivity index is 1.30. The van der Waals surface area contributed by atoms with Crippen LogP contribution < -0.4 is 10.6 Å². The Bertz CT molecular complexity index is 1700. The maximum Gasteiger partial charge on any atom is 0.250 e. The Morgan fingerprint density at radius 2 is 1.53 bits per heavy atom. The molecule has 0 aliphatic carbocycles. The van der Waals surface area contributed by atoms with Crippen molar-refractivity contribution in [1.29, 1.82) is 0 Å². The topological polar surface area (TPSA) is 108 Å². The van der Waals surface area contributed by atoms with Gasteiger partial charge in [-0.3, -0.25) is 14.4 Å². The molecule has 0 radical (unpaired) electrons. The summed E-state index contributed by atoms with van der Waals surface area (Å²) in [5, 5.41) is 18.6. The number of fused-ring (bicyclic) bond motifs is 2. The van der Waals surface area contributed by atoms with Crippen molar-refractivity contribution in [2.45, 2.75) is 35.0 Å². The van der Waals surface area contributed by atoms with Crippen LogP contribution in [0.3, 0.4) is 0 Å². The number of amides is 3. The first-order valence-electron chi connectivity index (χ1n) is 14.4. The normalized spacial score (nSPS) is 28.1. The van der Waals surface area contributed by atoms with Gasteiger partial charge in [0, 0.05) is 16.2 Å². The molecule has 3 amide bonds. The van der Waals surface area contributed by atoms with Gasteiger partial charge in [-0.25, -0.2) is 0 Å². The van der Waals surface area contributed by atoms with Gasteiger partial charge in [0.2, 0.25) is 17.7 Å². The molecule has 3 fully saturated rings. The summed E-state index contributed by atoms with van der Waals surface area (Å²) >= 11 is 3.71. The van der Waals surface area contributed by atoms with Gasteiger partial charge in [-0.15, -0.1) is 0 Å². The fourth-order valence-corrected chi connectivity index (χ4v) is 8.20. The Morgan fingerprint density at radius 3 is 2.26 bits per heavy atom. The molecule has 0 saturated carbocycles. The molecule has 2 bridgehead atoms. The number of para-hydroxylation sites is 1. The second-order valence-electron chi connectivity index (χ2n) is 11.4. The van der Waals surface area contributed by atoms with E-state index in [2.05, 4.69) is 26.6 Å². The zero-order chi connectivity index (χ0) is 29.7. The average Bonchev–Trinajstić information content (AvgIpc) is 3.62. The van der Waals surface area contributed by atoms with Crippen LogP contribution in [0.5, 0.6) is 0 Å². The van der Waals surface area contributed by atoms with E-state index in [-0.39, 0.29) is 16.6 Å². The van der Waals surface area contributed by atoms with E-state index in [9.17, 15) is 19.5 Å². The minimum Gasteiger partial charge on any atom is -0.394 e. The van der Waals surface area contributed by atoms with Crippen molar-refractivity contribution < 1.29 is 24.2 Å². The molecular weight excluding hydrogens is 610 g/mol. The Labute approximate surface area is 257 Å². The number of anilines is 2. The van der Waals surface area contributed by atoms with Gasteiger partial charge in [0.1, 0.15) is 11.6 Å². The van der Waals surface area contributed by atoms with Gasteiger partial charge < -0.3 is 25.4 Å². The lowest BCUT2D eigenvalue weighted by molar-refractivity contribution is -0.143. The molecule has 7 atom stereocenters. The van der Waals surface area contributed by atoms with Crippen LogP contribution in [0.15, 0.2) is 103 Å². The number of aliphatic hydroxyl groups is 1. The van der Waals surface area contributed by atoms with Crippen LogP contribution in [0, 0.1) is 11.8 Å². The van der Waals surface area contributed by atoms with E-state index in [1.54, 1.807) is 12.1 Å². The predicted octanol–water partition coefficient (Wildman–Crippen LogP) is 4.90. The molecule has 7 rings (SSSR count). The Hall–Kier alpha value is -4.05. The largest absolute Gasteiger partial charge is 0.394 e. The summed E-state index contributed by atoms with van der Waals surface area (Å²) < 4.78 is 6.63. The zero-order valence-electron chi connectivity index (χ0n) is 23.1. The number of carbonyl (C=O) groups is 3. The maximum atomic E-state index is 14.5. The third-order valence-corrected chi connectivity index (χ3v) is 9.87. The Kier molecular flexibility index (Phi) is 7.04. The number of nitrogens with one attached hydrogen (secondary N) is 2. The molecule has 9 heteroatoms. The summed E-state index contributed by atoms with van der Waals surface area (Å²) in [6.45, 7) is -0.402. The lowest BCUT2D eigenvalue weighted by Gasteiger charge is -2.37. The number of carbonyl (C=O) groups excluding carboxylic acids is 3. The quantitative estimate of drug-likeness (QED) is 0.249. The highest BCUT2D eigenvalue weighted by Crippen LogP contribution is 2.61. The monoisotopic (exact) mass is 639 g/mol. The van der Waals surface area contributed by atoms with Crippen LogP contribution in [-0.2, 0) is 19.1 Å². The van der Waals surface area contributed by atoms with Crippen molar-refractivity contribution in [3.63, 3.8) is 0 Å². The fraction of sp³-hybridized carbons (Fsp3) is 0.265. The average molecular weight is 641 g/mol.